The Morgan fingerprint density at radius 1 is 1.40 bits per heavy atom. The molecule has 0 aromatic carbocycles. The second-order valence-electron chi connectivity index (χ2n) is 0.204. The summed E-state index contributed by atoms with van der Waals surface area (Å²) in [5.74, 6) is 0. The van der Waals surface area contributed by atoms with Gasteiger partial charge in [0.25, 0.3) is 0 Å². The van der Waals surface area contributed by atoms with Gasteiger partial charge in [0.05, 0.1) is 0 Å². The van der Waals surface area contributed by atoms with Crippen LogP contribution in [-0.4, -0.2) is 14.5 Å². The summed E-state index contributed by atoms with van der Waals surface area (Å²) in [5.41, 5.74) is 0. The largest absolute Gasteiger partial charge is 2.00 e. The van der Waals surface area contributed by atoms with Crippen molar-refractivity contribution < 1.29 is 29.3 Å². The molecular weight excluding hydrogens is 191 g/mol. The first-order valence-corrected chi connectivity index (χ1v) is 2.60. The van der Waals surface area contributed by atoms with Crippen LogP contribution in [0.5, 0.6) is 0 Å². The smallest absolute Gasteiger partial charge is 2.00 e. The zero-order valence-electron chi connectivity index (χ0n) is 1.93. The molecule has 5 heavy (non-hydrogen) atoms. The maximum atomic E-state index is 8.54. The molecule has 0 amide bonds. The Labute approximate surface area is 44.2 Å². The number of hydrogen-bond acceptors (Lipinski definition) is 3. The third-order valence-electron chi connectivity index (χ3n) is 0. The predicted molar refractivity (Wildman–Crippen MR) is 6.44 cm³/mol. The molecule has 3 nitrogen and oxygen atoms in total. The number of hydrogen-bond donors (Lipinski definition) is 0. The van der Waals surface area contributed by atoms with E-state index < -0.39 is 14.5 Å². The van der Waals surface area contributed by atoms with Gasteiger partial charge in [0.1, 0.15) is 0 Å². The minimum absolute atomic E-state index is 0. The van der Waals surface area contributed by atoms with Crippen LogP contribution in [0.25, 0.3) is 0 Å². The SMILES string of the molecule is O=[Se]([O-])[O-].[Cu+2]. The van der Waals surface area contributed by atoms with Crippen molar-refractivity contribution in [3.63, 3.8) is 0 Å². The Balaban J connectivity index is 0. The normalized spacial score (nSPS) is 7.00. The van der Waals surface area contributed by atoms with Gasteiger partial charge in [0.15, 0.2) is 0 Å². The van der Waals surface area contributed by atoms with Crippen LogP contribution in [0.2, 0.25) is 0 Å². The van der Waals surface area contributed by atoms with Crippen molar-refractivity contribution in [1.82, 2.24) is 0 Å². The third-order valence-corrected chi connectivity index (χ3v) is 0. The van der Waals surface area contributed by atoms with Crippen LogP contribution in [0.4, 0.5) is 0 Å². The molecule has 0 aromatic rings. The van der Waals surface area contributed by atoms with E-state index in [1.54, 1.807) is 0 Å². The minimum Gasteiger partial charge on any atom is 2.00 e. The fourth-order valence-electron chi connectivity index (χ4n) is 0. The molecule has 0 spiro atoms. The molecule has 5 heteroatoms. The van der Waals surface area contributed by atoms with Gasteiger partial charge in [-0.1, -0.05) is 0 Å². The third kappa shape index (κ3) is 62.9. The molecule has 0 fully saturated rings. The Morgan fingerprint density at radius 2 is 1.40 bits per heavy atom. The second kappa shape index (κ2) is 4.76. The molecule has 0 aliphatic carbocycles. The van der Waals surface area contributed by atoms with Crippen molar-refractivity contribution in [2.45, 2.75) is 0 Å². The first-order valence-electron chi connectivity index (χ1n) is 0.500. The summed E-state index contributed by atoms with van der Waals surface area (Å²) in [6.45, 7) is 0. The van der Waals surface area contributed by atoms with E-state index in [4.69, 9.17) is 12.2 Å². The second-order valence-corrected chi connectivity index (χ2v) is 1.06. The van der Waals surface area contributed by atoms with Crippen LogP contribution in [-0.2, 0) is 20.9 Å². The van der Waals surface area contributed by atoms with Crippen LogP contribution in [0.1, 0.15) is 0 Å². The van der Waals surface area contributed by atoms with Crippen LogP contribution < -0.4 is 8.38 Å². The van der Waals surface area contributed by atoms with Gasteiger partial charge in [0.2, 0.25) is 0 Å². The van der Waals surface area contributed by atoms with E-state index in [2.05, 4.69) is 0 Å². The van der Waals surface area contributed by atoms with Gasteiger partial charge >= 0.3 is 43.8 Å². The quantitative estimate of drug-likeness (QED) is 0.386. The molecule has 0 aliphatic rings. The molecule has 0 saturated heterocycles. The summed E-state index contributed by atoms with van der Waals surface area (Å²) in [6, 6.07) is 0. The molecule has 0 N–H and O–H groups in total. The van der Waals surface area contributed by atoms with Crippen LogP contribution in [0.15, 0.2) is 0 Å². The van der Waals surface area contributed by atoms with Gasteiger partial charge in [-0.05, 0) is 0 Å². The molecular formula is CuO3Se. The molecule has 0 unspecified atom stereocenters. The van der Waals surface area contributed by atoms with E-state index >= 15 is 0 Å². The van der Waals surface area contributed by atoms with Crippen LogP contribution in [0.3, 0.4) is 0 Å². The van der Waals surface area contributed by atoms with Gasteiger partial charge in [-0.2, -0.15) is 0 Å². The maximum Gasteiger partial charge on any atom is 2.00 e. The number of rotatable bonds is 0. The summed E-state index contributed by atoms with van der Waals surface area (Å²) in [5, 5.41) is 0. The van der Waals surface area contributed by atoms with Crippen molar-refractivity contribution in [3.05, 3.63) is 0 Å². The fourth-order valence-corrected chi connectivity index (χ4v) is 0. The van der Waals surface area contributed by atoms with Gasteiger partial charge in [-0.3, -0.25) is 0 Å². The summed E-state index contributed by atoms with van der Waals surface area (Å²) in [6.07, 6.45) is 0. The van der Waals surface area contributed by atoms with Gasteiger partial charge in [-0.15, -0.1) is 0 Å². The van der Waals surface area contributed by atoms with Crippen molar-refractivity contribution in [2.24, 2.45) is 0 Å². The van der Waals surface area contributed by atoms with E-state index in [1.807, 2.05) is 0 Å². The van der Waals surface area contributed by atoms with E-state index in [0.717, 1.165) is 0 Å². The van der Waals surface area contributed by atoms with E-state index in [9.17, 15) is 0 Å². The molecule has 0 atom stereocenters. The van der Waals surface area contributed by atoms with Gasteiger partial charge < -0.3 is 0 Å². The predicted octanol–water partition coefficient (Wildman–Crippen LogP) is -2.88. The average molecular weight is 191 g/mol. The zero-order chi connectivity index (χ0) is 3.58. The minimum atomic E-state index is -3.79. The monoisotopic (exact) mass is 191 g/mol. The zero-order valence-corrected chi connectivity index (χ0v) is 4.59. The molecule has 0 rings (SSSR count). The van der Waals surface area contributed by atoms with E-state index in [1.165, 1.54) is 0 Å². The van der Waals surface area contributed by atoms with Gasteiger partial charge in [0, 0.05) is 0 Å². The molecule has 0 saturated carbocycles. The fraction of sp³-hybridized carbons (Fsp3) is 0. The summed E-state index contributed by atoms with van der Waals surface area (Å²) < 4.78 is 25.6. The maximum absolute atomic E-state index is 8.54. The molecule has 1 radical (unpaired) electrons. The van der Waals surface area contributed by atoms with Crippen molar-refractivity contribution >= 4 is 14.5 Å². The van der Waals surface area contributed by atoms with Crippen molar-refractivity contribution in [1.29, 1.82) is 0 Å². The molecule has 0 aromatic heterocycles. The Kier molecular flexibility index (Phi) is 8.79. The van der Waals surface area contributed by atoms with Crippen molar-refractivity contribution in [3.8, 4) is 0 Å². The molecule has 0 aliphatic heterocycles. The van der Waals surface area contributed by atoms with Gasteiger partial charge in [-0.25, -0.2) is 0 Å². The van der Waals surface area contributed by atoms with E-state index in [0.29, 0.717) is 0 Å². The Morgan fingerprint density at radius 3 is 1.40 bits per heavy atom. The summed E-state index contributed by atoms with van der Waals surface area (Å²) >= 11 is -3.79. The average Bonchev–Trinajstić information content (AvgIpc) is 0.811. The Hall–Kier alpha value is 0.759. The summed E-state index contributed by atoms with van der Waals surface area (Å²) in [4.78, 5) is 0. The van der Waals surface area contributed by atoms with Crippen LogP contribution in [0, 0.1) is 0 Å². The molecule has 0 heterocycles. The summed E-state index contributed by atoms with van der Waals surface area (Å²) in [7, 11) is 0. The van der Waals surface area contributed by atoms with Crippen molar-refractivity contribution in [2.75, 3.05) is 0 Å². The Bertz CT molecular complexity index is 29.9. The standard InChI is InChI=1S/Cu.H2O3Se/c;1-4(2)3/h;(H2,1,2,3)/q+2;/p-2. The van der Waals surface area contributed by atoms with Crippen LogP contribution >= 0.6 is 0 Å². The topological polar surface area (TPSA) is 63.2 Å². The molecule has 0 bridgehead atoms. The first kappa shape index (κ1) is 9.23. The molecule has 35 valence electrons. The van der Waals surface area contributed by atoms with E-state index in [-0.39, 0.29) is 17.1 Å². The first-order chi connectivity index (χ1) is 1.73.